The number of rotatable bonds is 9. The maximum Gasteiger partial charge on any atom is 0.373 e. The molecule has 0 amide bonds. The smallest absolute Gasteiger partial charge is 0.373 e. The van der Waals surface area contributed by atoms with Crippen LogP contribution in [-0.4, -0.2) is 88.6 Å². The van der Waals surface area contributed by atoms with Gasteiger partial charge in [-0.2, -0.15) is 5.26 Å². The van der Waals surface area contributed by atoms with Crippen LogP contribution < -0.4 is 18.9 Å². The van der Waals surface area contributed by atoms with Gasteiger partial charge in [-0.05, 0) is 58.4 Å². The van der Waals surface area contributed by atoms with Gasteiger partial charge in [0.15, 0.2) is 23.0 Å². The van der Waals surface area contributed by atoms with Crippen molar-refractivity contribution in [3.05, 3.63) is 39.9 Å². The van der Waals surface area contributed by atoms with Crippen molar-refractivity contribution >= 4 is 29.5 Å². The Morgan fingerprint density at radius 2 is 1.91 bits per heavy atom. The Balaban J connectivity index is 1.83. The SMILES string of the molecule is COc1c(C)cc2c(c1O)C1[C@H](C(SCC(=O)C(=O)O)c3cc4c(c(C)c3OC(C)=O)OCO4)N(C(C)C)[C@@H](C#N)C(C2)N1C. The van der Waals surface area contributed by atoms with Crippen molar-refractivity contribution in [3.8, 4) is 34.8 Å². The molecule has 5 atom stereocenters. The number of piperazine rings is 1. The predicted octanol–water partition coefficient (Wildman–Crippen LogP) is 3.68. The van der Waals surface area contributed by atoms with Crippen molar-refractivity contribution in [1.29, 1.82) is 5.26 Å². The highest BCUT2D eigenvalue weighted by atomic mass is 32.2. The molecule has 1 saturated heterocycles. The van der Waals surface area contributed by atoms with Gasteiger partial charge in [-0.15, -0.1) is 11.8 Å². The third kappa shape index (κ3) is 5.45. The summed E-state index contributed by atoms with van der Waals surface area (Å²) in [7, 11) is 3.40. The van der Waals surface area contributed by atoms with Crippen LogP contribution in [0.3, 0.4) is 0 Å². The van der Waals surface area contributed by atoms with Crippen molar-refractivity contribution in [2.75, 3.05) is 26.7 Å². The van der Waals surface area contributed by atoms with E-state index >= 15 is 0 Å². The molecule has 2 N–H and O–H groups in total. The summed E-state index contributed by atoms with van der Waals surface area (Å²) in [5.74, 6) is -2.21. The summed E-state index contributed by atoms with van der Waals surface area (Å²) in [4.78, 5) is 40.8. The van der Waals surface area contributed by atoms with Crippen LogP contribution in [0, 0.1) is 25.2 Å². The normalized spacial score (nSPS) is 22.8. The Morgan fingerprint density at radius 1 is 1.20 bits per heavy atom. The van der Waals surface area contributed by atoms with E-state index in [0.29, 0.717) is 40.4 Å². The number of phenols is 1. The second-order valence-corrected chi connectivity index (χ2v) is 13.0. The van der Waals surface area contributed by atoms with Crippen molar-refractivity contribution in [2.45, 2.75) is 76.5 Å². The fraction of sp³-hybridized carbons (Fsp3) is 0.500. The standard InChI is InChI=1S/C32H37N3O9S/c1-14(2)35-21(11-33)20-9-18-8-15(3)28(41-7)27(38)24(18)25(34(20)6)26(35)31(45-12-22(37)32(39)40)19-10-23-30(43-13-42-23)16(4)29(19)44-17(5)36/h8,10,14,20-21,25-26,31,38H,9,12-13H2,1-7H3,(H,39,40)/t20?,21-,25?,26+,31?/m0/s1. The Bertz CT molecular complexity index is 1600. The van der Waals surface area contributed by atoms with Crippen molar-refractivity contribution in [3.63, 3.8) is 0 Å². The van der Waals surface area contributed by atoms with Gasteiger partial charge in [0.05, 0.1) is 30.2 Å². The number of carboxylic acid groups (broad SMARTS) is 1. The summed E-state index contributed by atoms with van der Waals surface area (Å²) in [6.07, 6.45) is 0.506. The highest BCUT2D eigenvalue weighted by molar-refractivity contribution is 8.00. The molecule has 12 nitrogen and oxygen atoms in total. The highest BCUT2D eigenvalue weighted by Crippen LogP contribution is 2.57. The van der Waals surface area contributed by atoms with Gasteiger partial charge in [0.2, 0.25) is 12.6 Å². The zero-order chi connectivity index (χ0) is 32.9. The number of hydrogen-bond acceptors (Lipinski definition) is 12. The average Bonchev–Trinajstić information content (AvgIpc) is 3.44. The number of fused-ring (bicyclic) bond motifs is 5. The number of likely N-dealkylation sites (N-methyl/N-ethyl adjacent to an activating group) is 1. The molecule has 2 aromatic rings. The molecule has 2 aromatic carbocycles. The van der Waals surface area contributed by atoms with Crippen LogP contribution in [-0.2, 0) is 20.8 Å². The quantitative estimate of drug-likeness (QED) is 0.233. The van der Waals surface area contributed by atoms with Crippen LogP contribution >= 0.6 is 11.8 Å². The molecule has 240 valence electrons. The first-order chi connectivity index (χ1) is 21.3. The number of esters is 1. The number of aryl methyl sites for hydroxylation is 1. The van der Waals surface area contributed by atoms with Crippen molar-refractivity contribution < 1.29 is 43.5 Å². The molecule has 13 heteroatoms. The van der Waals surface area contributed by atoms with Crippen LogP contribution in [0.1, 0.15) is 59.9 Å². The largest absolute Gasteiger partial charge is 0.504 e. The molecule has 0 aliphatic carbocycles. The molecule has 45 heavy (non-hydrogen) atoms. The Labute approximate surface area is 265 Å². The van der Waals surface area contributed by atoms with Crippen LogP contribution in [0.25, 0.3) is 0 Å². The summed E-state index contributed by atoms with van der Waals surface area (Å²) in [6, 6.07) is 3.95. The maximum absolute atomic E-state index is 12.6. The minimum absolute atomic E-state index is 0.0145. The molecule has 0 saturated carbocycles. The van der Waals surface area contributed by atoms with E-state index in [2.05, 4.69) is 15.9 Å². The third-order valence-electron chi connectivity index (χ3n) is 8.90. The molecule has 0 radical (unpaired) electrons. The molecule has 0 spiro atoms. The minimum Gasteiger partial charge on any atom is -0.504 e. The summed E-state index contributed by atoms with van der Waals surface area (Å²) < 4.78 is 22.8. The molecule has 2 bridgehead atoms. The molecule has 5 rings (SSSR count). The lowest BCUT2D eigenvalue weighted by molar-refractivity contribution is -0.147. The van der Waals surface area contributed by atoms with Gasteiger partial charge in [0, 0.05) is 41.7 Å². The Hall–Kier alpha value is -3.99. The number of phenolic OH excluding ortho intramolecular Hbond substituents is 1. The fourth-order valence-corrected chi connectivity index (χ4v) is 8.44. The van der Waals surface area contributed by atoms with Gasteiger partial charge in [0.1, 0.15) is 11.8 Å². The number of carbonyl (C=O) groups excluding carboxylic acids is 2. The summed E-state index contributed by atoms with van der Waals surface area (Å²) in [6.45, 7) is 8.76. The number of thioether (sulfide) groups is 1. The number of ether oxygens (including phenoxy) is 4. The van der Waals surface area contributed by atoms with E-state index in [1.165, 1.54) is 14.0 Å². The van der Waals surface area contributed by atoms with E-state index in [9.17, 15) is 29.9 Å². The molecular formula is C32H37N3O9S. The Morgan fingerprint density at radius 3 is 2.51 bits per heavy atom. The number of benzene rings is 2. The molecule has 1 fully saturated rings. The van der Waals surface area contributed by atoms with E-state index in [4.69, 9.17) is 18.9 Å². The number of methoxy groups -OCH3 is 1. The van der Waals surface area contributed by atoms with Gasteiger partial charge in [-0.25, -0.2) is 4.79 Å². The molecule has 0 aromatic heterocycles. The van der Waals surface area contributed by atoms with Crippen molar-refractivity contribution in [2.24, 2.45) is 0 Å². The molecule has 3 aliphatic rings. The van der Waals surface area contributed by atoms with Gasteiger partial charge in [-0.1, -0.05) is 6.07 Å². The highest BCUT2D eigenvalue weighted by Gasteiger charge is 2.55. The fourth-order valence-electron chi connectivity index (χ4n) is 7.14. The summed E-state index contributed by atoms with van der Waals surface area (Å²) in [5.41, 5.74) is 3.23. The maximum atomic E-state index is 12.6. The van der Waals surface area contributed by atoms with E-state index < -0.39 is 46.9 Å². The van der Waals surface area contributed by atoms with Crippen LogP contribution in [0.4, 0.5) is 0 Å². The lowest BCUT2D eigenvalue weighted by atomic mass is 9.75. The first-order valence-electron chi connectivity index (χ1n) is 14.6. The second-order valence-electron chi connectivity index (χ2n) is 11.8. The lowest BCUT2D eigenvalue weighted by Gasteiger charge is -2.59. The number of nitrogens with zero attached hydrogens (tertiary/aromatic N) is 3. The van der Waals surface area contributed by atoms with Gasteiger partial charge < -0.3 is 29.2 Å². The van der Waals surface area contributed by atoms with Crippen molar-refractivity contribution in [1.82, 2.24) is 9.80 Å². The average molecular weight is 640 g/mol. The minimum atomic E-state index is -1.57. The second kappa shape index (κ2) is 12.4. The molecule has 3 unspecified atom stereocenters. The topological polar surface area (TPSA) is 159 Å². The van der Waals surface area contributed by atoms with E-state index in [1.807, 2.05) is 33.9 Å². The monoisotopic (exact) mass is 639 g/mol. The van der Waals surface area contributed by atoms with E-state index in [1.54, 1.807) is 13.0 Å². The summed E-state index contributed by atoms with van der Waals surface area (Å²) in [5, 5.41) is 31.1. The first kappa shape index (κ1) is 32.4. The number of ketones is 1. The van der Waals surface area contributed by atoms with E-state index in [0.717, 1.165) is 22.9 Å². The number of aromatic hydroxyl groups is 1. The molecular weight excluding hydrogens is 602 g/mol. The van der Waals surface area contributed by atoms with Gasteiger partial charge in [-0.3, -0.25) is 19.4 Å². The van der Waals surface area contributed by atoms with Crippen LogP contribution in [0.5, 0.6) is 28.7 Å². The zero-order valence-corrected chi connectivity index (χ0v) is 27.1. The molecule has 3 heterocycles. The lowest BCUT2D eigenvalue weighted by Crippen LogP contribution is -2.68. The van der Waals surface area contributed by atoms with Crippen LogP contribution in [0.2, 0.25) is 0 Å². The molecule has 3 aliphatic heterocycles. The number of nitriles is 1. The predicted molar refractivity (Wildman–Crippen MR) is 164 cm³/mol. The number of aliphatic carboxylic acids is 1. The Kier molecular flexibility index (Phi) is 8.95. The number of Topliss-reactive ketones (excluding diaryl/α,β-unsaturated/α-hetero) is 1. The van der Waals surface area contributed by atoms with Crippen LogP contribution in [0.15, 0.2) is 12.1 Å². The van der Waals surface area contributed by atoms with Gasteiger partial charge >= 0.3 is 11.9 Å². The first-order valence-corrected chi connectivity index (χ1v) is 15.6. The number of carbonyl (C=O) groups is 3. The number of hydrogen-bond donors (Lipinski definition) is 2. The summed E-state index contributed by atoms with van der Waals surface area (Å²) >= 11 is 1.08. The van der Waals surface area contributed by atoms with E-state index in [-0.39, 0.29) is 30.4 Å². The number of carboxylic acids is 1. The zero-order valence-electron chi connectivity index (χ0n) is 26.2. The third-order valence-corrected chi connectivity index (χ3v) is 10.2. The van der Waals surface area contributed by atoms with Gasteiger partial charge in [0.25, 0.3) is 0 Å².